The molecule has 1 aromatic carbocycles. The average Bonchev–Trinajstić information content (AvgIpc) is 2.46. The molecule has 2 rings (SSSR count). The van der Waals surface area contributed by atoms with Crippen LogP contribution in [0.4, 0.5) is 18.9 Å². The molecule has 0 saturated carbocycles. The number of hydrogen-bond acceptors (Lipinski definition) is 2. The summed E-state index contributed by atoms with van der Waals surface area (Å²) in [6, 6.07) is 4.48. The maximum atomic E-state index is 12.4. The third-order valence-corrected chi connectivity index (χ3v) is 3.62. The van der Waals surface area contributed by atoms with Gasteiger partial charge in [0.15, 0.2) is 0 Å². The zero-order valence-corrected chi connectivity index (χ0v) is 11.6. The zero-order valence-electron chi connectivity index (χ0n) is 11.6. The lowest BCUT2D eigenvalue weighted by Gasteiger charge is -2.21. The van der Waals surface area contributed by atoms with Gasteiger partial charge in [0, 0.05) is 25.3 Å². The van der Waals surface area contributed by atoms with Gasteiger partial charge in [-0.3, -0.25) is 4.79 Å². The van der Waals surface area contributed by atoms with E-state index in [1.54, 1.807) is 0 Å². The molecule has 0 aromatic heterocycles. The molecule has 1 fully saturated rings. The first-order chi connectivity index (χ1) is 9.95. The van der Waals surface area contributed by atoms with Gasteiger partial charge >= 0.3 is 6.18 Å². The van der Waals surface area contributed by atoms with Crippen LogP contribution >= 0.6 is 0 Å². The third kappa shape index (κ3) is 5.04. The van der Waals surface area contributed by atoms with Crippen molar-refractivity contribution < 1.29 is 22.7 Å². The Hall–Kier alpha value is -1.56. The molecular weight excluding hydrogens is 283 g/mol. The second kappa shape index (κ2) is 6.93. The van der Waals surface area contributed by atoms with Crippen molar-refractivity contribution in [2.45, 2.75) is 31.9 Å². The maximum absolute atomic E-state index is 12.4. The van der Waals surface area contributed by atoms with Crippen LogP contribution in [0.2, 0.25) is 0 Å². The molecule has 0 bridgehead atoms. The molecule has 1 aromatic rings. The van der Waals surface area contributed by atoms with Crippen LogP contribution in [0.5, 0.6) is 0 Å². The Labute approximate surface area is 121 Å². The van der Waals surface area contributed by atoms with Crippen LogP contribution in [-0.2, 0) is 15.7 Å². The lowest BCUT2D eigenvalue weighted by atomic mass is 9.95. The number of amides is 1. The Kier molecular flexibility index (Phi) is 5.22. The van der Waals surface area contributed by atoms with E-state index in [1.165, 1.54) is 12.1 Å². The first-order valence-electron chi connectivity index (χ1n) is 7.00. The van der Waals surface area contributed by atoms with E-state index in [1.807, 2.05) is 0 Å². The van der Waals surface area contributed by atoms with Gasteiger partial charge in [-0.15, -0.1) is 0 Å². The molecule has 0 atom stereocenters. The fraction of sp³-hybridized carbons (Fsp3) is 0.533. The van der Waals surface area contributed by atoms with E-state index in [2.05, 4.69) is 5.32 Å². The Bertz CT molecular complexity index is 465. The van der Waals surface area contributed by atoms with Gasteiger partial charge in [0.1, 0.15) is 0 Å². The van der Waals surface area contributed by atoms with Crippen LogP contribution in [0.1, 0.15) is 31.2 Å². The van der Waals surface area contributed by atoms with E-state index in [9.17, 15) is 18.0 Å². The summed E-state index contributed by atoms with van der Waals surface area (Å²) in [6.07, 6.45) is -1.26. The van der Waals surface area contributed by atoms with Crippen LogP contribution in [0, 0.1) is 5.92 Å². The van der Waals surface area contributed by atoms with Crippen molar-refractivity contribution in [3.8, 4) is 0 Å². The highest BCUT2D eigenvalue weighted by Gasteiger charge is 2.29. The number of benzene rings is 1. The molecule has 0 aliphatic carbocycles. The molecule has 1 saturated heterocycles. The topological polar surface area (TPSA) is 38.3 Å². The molecule has 3 nitrogen and oxygen atoms in total. The maximum Gasteiger partial charge on any atom is 0.416 e. The highest BCUT2D eigenvalue weighted by atomic mass is 19.4. The molecule has 1 amide bonds. The van der Waals surface area contributed by atoms with Gasteiger partial charge in [-0.1, -0.05) is 0 Å². The summed E-state index contributed by atoms with van der Waals surface area (Å²) in [6.45, 7) is 1.48. The van der Waals surface area contributed by atoms with Crippen LogP contribution in [0.15, 0.2) is 24.3 Å². The van der Waals surface area contributed by atoms with Crippen molar-refractivity contribution >= 4 is 11.6 Å². The highest BCUT2D eigenvalue weighted by molar-refractivity contribution is 5.90. The lowest BCUT2D eigenvalue weighted by molar-refractivity contribution is -0.137. The number of ether oxygens (including phenoxy) is 1. The molecule has 0 spiro atoms. The number of anilines is 1. The summed E-state index contributed by atoms with van der Waals surface area (Å²) in [4.78, 5) is 11.8. The number of rotatable bonds is 4. The van der Waals surface area contributed by atoms with E-state index >= 15 is 0 Å². The standard InChI is InChI=1S/C15H18F3NO2/c16-15(17,18)12-2-4-13(5-3-12)19-14(20)6-1-11-7-9-21-10-8-11/h2-5,11H,1,6-10H2,(H,19,20). The minimum atomic E-state index is -4.36. The third-order valence-electron chi connectivity index (χ3n) is 3.62. The summed E-state index contributed by atoms with van der Waals surface area (Å²) in [5.74, 6) is 0.332. The Balaban J connectivity index is 1.79. The smallest absolute Gasteiger partial charge is 0.381 e. The molecule has 1 aliphatic heterocycles. The predicted molar refractivity (Wildman–Crippen MR) is 72.9 cm³/mol. The number of carbonyl (C=O) groups excluding carboxylic acids is 1. The monoisotopic (exact) mass is 301 g/mol. The lowest BCUT2D eigenvalue weighted by Crippen LogP contribution is -2.18. The molecule has 1 N–H and O–H groups in total. The molecule has 1 heterocycles. The van der Waals surface area contributed by atoms with Gasteiger partial charge in [-0.05, 0) is 49.4 Å². The second-order valence-electron chi connectivity index (χ2n) is 5.22. The Morgan fingerprint density at radius 3 is 2.38 bits per heavy atom. The molecular formula is C15H18F3NO2. The number of halogens is 3. The van der Waals surface area contributed by atoms with Gasteiger partial charge < -0.3 is 10.1 Å². The first-order valence-corrected chi connectivity index (χ1v) is 7.00. The molecule has 1 aliphatic rings. The fourth-order valence-electron chi connectivity index (χ4n) is 2.34. The van der Waals surface area contributed by atoms with E-state index in [-0.39, 0.29) is 5.91 Å². The van der Waals surface area contributed by atoms with Gasteiger partial charge in [-0.2, -0.15) is 13.2 Å². The Morgan fingerprint density at radius 2 is 1.81 bits per heavy atom. The summed E-state index contributed by atoms with van der Waals surface area (Å²) >= 11 is 0. The normalized spacial score (nSPS) is 16.7. The largest absolute Gasteiger partial charge is 0.416 e. The van der Waals surface area contributed by atoms with E-state index in [4.69, 9.17) is 4.74 Å². The van der Waals surface area contributed by atoms with Crippen molar-refractivity contribution in [2.75, 3.05) is 18.5 Å². The molecule has 21 heavy (non-hydrogen) atoms. The number of nitrogens with one attached hydrogen (secondary N) is 1. The number of alkyl halides is 3. The fourth-order valence-corrected chi connectivity index (χ4v) is 2.34. The Morgan fingerprint density at radius 1 is 1.19 bits per heavy atom. The van der Waals surface area contributed by atoms with Crippen LogP contribution in [0.3, 0.4) is 0 Å². The summed E-state index contributed by atoms with van der Waals surface area (Å²) in [5, 5.41) is 2.62. The SMILES string of the molecule is O=C(CCC1CCOCC1)Nc1ccc(C(F)(F)F)cc1. The average molecular weight is 301 g/mol. The minimum Gasteiger partial charge on any atom is -0.381 e. The van der Waals surface area contributed by atoms with Crippen molar-refractivity contribution in [1.29, 1.82) is 0 Å². The van der Waals surface area contributed by atoms with Crippen molar-refractivity contribution in [1.82, 2.24) is 0 Å². The molecule has 116 valence electrons. The number of hydrogen-bond donors (Lipinski definition) is 1. The summed E-state index contributed by atoms with van der Waals surface area (Å²) in [7, 11) is 0. The highest BCUT2D eigenvalue weighted by Crippen LogP contribution is 2.29. The predicted octanol–water partition coefficient (Wildman–Crippen LogP) is 3.85. The first kappa shape index (κ1) is 15.8. The van der Waals surface area contributed by atoms with Gasteiger partial charge in [0.05, 0.1) is 5.56 Å². The van der Waals surface area contributed by atoms with Crippen LogP contribution in [0.25, 0.3) is 0 Å². The van der Waals surface area contributed by atoms with E-state index < -0.39 is 11.7 Å². The van der Waals surface area contributed by atoms with E-state index in [0.29, 0.717) is 18.0 Å². The molecule has 0 unspecified atom stereocenters. The zero-order chi connectivity index (χ0) is 15.3. The molecule has 6 heteroatoms. The van der Waals surface area contributed by atoms with Crippen LogP contribution < -0.4 is 5.32 Å². The minimum absolute atomic E-state index is 0.166. The van der Waals surface area contributed by atoms with Gasteiger partial charge in [0.2, 0.25) is 5.91 Å². The summed E-state index contributed by atoms with van der Waals surface area (Å²) in [5.41, 5.74) is -0.331. The van der Waals surface area contributed by atoms with Crippen molar-refractivity contribution in [2.24, 2.45) is 5.92 Å². The molecule has 0 radical (unpaired) electrons. The van der Waals surface area contributed by atoms with Crippen molar-refractivity contribution in [3.05, 3.63) is 29.8 Å². The van der Waals surface area contributed by atoms with Gasteiger partial charge in [-0.25, -0.2) is 0 Å². The van der Waals surface area contributed by atoms with Crippen molar-refractivity contribution in [3.63, 3.8) is 0 Å². The second-order valence-corrected chi connectivity index (χ2v) is 5.22. The van der Waals surface area contributed by atoms with Crippen LogP contribution in [-0.4, -0.2) is 19.1 Å². The van der Waals surface area contributed by atoms with E-state index in [0.717, 1.165) is 44.6 Å². The number of carbonyl (C=O) groups is 1. The quantitative estimate of drug-likeness (QED) is 0.917. The van der Waals surface area contributed by atoms with Gasteiger partial charge in [0.25, 0.3) is 0 Å². The summed E-state index contributed by atoms with van der Waals surface area (Å²) < 4.78 is 42.5.